The lowest BCUT2D eigenvalue weighted by Crippen LogP contribution is -2.11. The summed E-state index contributed by atoms with van der Waals surface area (Å²) in [6.07, 6.45) is 0. The van der Waals surface area contributed by atoms with Gasteiger partial charge in [0, 0.05) is 22.9 Å². The number of hydrogen-bond acceptors (Lipinski definition) is 5. The predicted molar refractivity (Wildman–Crippen MR) is 121 cm³/mol. The van der Waals surface area contributed by atoms with E-state index in [1.54, 1.807) is 19.2 Å². The zero-order chi connectivity index (χ0) is 21.8. The van der Waals surface area contributed by atoms with Gasteiger partial charge in [-0.1, -0.05) is 13.8 Å². The number of aromatic nitrogens is 1. The van der Waals surface area contributed by atoms with Gasteiger partial charge >= 0.3 is 0 Å². The normalized spacial score (nSPS) is 11.0. The van der Waals surface area contributed by atoms with Crippen molar-refractivity contribution in [3.8, 4) is 23.0 Å². The van der Waals surface area contributed by atoms with Gasteiger partial charge in [0.15, 0.2) is 5.58 Å². The van der Waals surface area contributed by atoms with Crippen LogP contribution in [0.3, 0.4) is 0 Å². The molecule has 1 amide bonds. The van der Waals surface area contributed by atoms with E-state index in [-0.39, 0.29) is 5.91 Å². The van der Waals surface area contributed by atoms with Gasteiger partial charge in [0.2, 0.25) is 5.89 Å². The number of methoxy groups -OCH3 is 1. The highest BCUT2D eigenvalue weighted by atomic mass is 16.5. The number of oxazole rings is 1. The topological polar surface area (TPSA) is 73.6 Å². The first-order valence-corrected chi connectivity index (χ1v) is 10.1. The fourth-order valence-corrected chi connectivity index (χ4v) is 3.02. The third kappa shape index (κ3) is 4.86. The van der Waals surface area contributed by atoms with Crippen molar-refractivity contribution in [2.75, 3.05) is 19.0 Å². The van der Waals surface area contributed by atoms with E-state index in [9.17, 15) is 4.79 Å². The number of benzene rings is 3. The van der Waals surface area contributed by atoms with Crippen LogP contribution in [-0.4, -0.2) is 24.6 Å². The molecule has 0 saturated heterocycles. The maximum absolute atomic E-state index is 12.5. The molecule has 3 aromatic carbocycles. The van der Waals surface area contributed by atoms with E-state index < -0.39 is 0 Å². The quantitative estimate of drug-likeness (QED) is 0.413. The van der Waals surface area contributed by atoms with Crippen molar-refractivity contribution in [3.63, 3.8) is 0 Å². The van der Waals surface area contributed by atoms with Crippen LogP contribution in [0.2, 0.25) is 0 Å². The van der Waals surface area contributed by atoms with Crippen molar-refractivity contribution in [2.45, 2.75) is 13.8 Å². The minimum absolute atomic E-state index is 0.183. The van der Waals surface area contributed by atoms with E-state index in [4.69, 9.17) is 13.9 Å². The number of fused-ring (bicyclic) bond motifs is 1. The largest absolute Gasteiger partial charge is 0.497 e. The van der Waals surface area contributed by atoms with Crippen LogP contribution in [-0.2, 0) is 0 Å². The molecule has 0 spiro atoms. The average molecular weight is 416 g/mol. The lowest BCUT2D eigenvalue weighted by molar-refractivity contribution is 0.102. The van der Waals surface area contributed by atoms with Crippen molar-refractivity contribution in [2.24, 2.45) is 5.92 Å². The van der Waals surface area contributed by atoms with Crippen molar-refractivity contribution >= 4 is 22.7 Å². The first kappa shape index (κ1) is 20.5. The fourth-order valence-electron chi connectivity index (χ4n) is 3.02. The maximum Gasteiger partial charge on any atom is 0.255 e. The van der Waals surface area contributed by atoms with Crippen molar-refractivity contribution in [1.82, 2.24) is 4.98 Å². The number of nitrogens with one attached hydrogen (secondary N) is 1. The highest BCUT2D eigenvalue weighted by Gasteiger charge is 2.11. The molecule has 0 bridgehead atoms. The zero-order valence-corrected chi connectivity index (χ0v) is 17.7. The Balaban J connectivity index is 1.43. The number of ether oxygens (including phenoxy) is 2. The van der Waals surface area contributed by atoms with Crippen LogP contribution < -0.4 is 14.8 Å². The van der Waals surface area contributed by atoms with Crippen LogP contribution in [0.4, 0.5) is 5.69 Å². The van der Waals surface area contributed by atoms with E-state index in [2.05, 4.69) is 24.1 Å². The molecule has 1 heterocycles. The molecule has 0 saturated carbocycles. The second kappa shape index (κ2) is 8.92. The Morgan fingerprint density at radius 2 is 1.71 bits per heavy atom. The molecule has 158 valence electrons. The van der Waals surface area contributed by atoms with Crippen LogP contribution in [0.15, 0.2) is 71.1 Å². The minimum Gasteiger partial charge on any atom is -0.497 e. The van der Waals surface area contributed by atoms with Gasteiger partial charge in [-0.05, 0) is 66.6 Å². The average Bonchev–Trinajstić information content (AvgIpc) is 3.21. The zero-order valence-electron chi connectivity index (χ0n) is 17.7. The minimum atomic E-state index is -0.183. The van der Waals surface area contributed by atoms with Crippen LogP contribution in [0.5, 0.6) is 11.5 Å². The maximum atomic E-state index is 12.5. The SMILES string of the molecule is COc1ccc2oc(-c3ccc(NC(=O)c4ccc(OCC(C)C)cc4)cc3)nc2c1. The molecule has 0 radical (unpaired) electrons. The van der Waals surface area contributed by atoms with E-state index >= 15 is 0 Å². The third-order valence-electron chi connectivity index (χ3n) is 4.68. The first-order valence-electron chi connectivity index (χ1n) is 10.1. The molecule has 4 rings (SSSR count). The van der Waals surface area contributed by atoms with E-state index in [1.807, 2.05) is 54.6 Å². The molecule has 0 unspecified atom stereocenters. The molecule has 0 fully saturated rings. The lowest BCUT2D eigenvalue weighted by atomic mass is 10.1. The van der Waals surface area contributed by atoms with Gasteiger partial charge in [-0.25, -0.2) is 4.98 Å². The fraction of sp³-hybridized carbons (Fsp3) is 0.200. The molecule has 0 aliphatic rings. The summed E-state index contributed by atoms with van der Waals surface area (Å²) < 4.78 is 16.7. The summed E-state index contributed by atoms with van der Waals surface area (Å²) in [7, 11) is 1.62. The monoisotopic (exact) mass is 416 g/mol. The van der Waals surface area contributed by atoms with Crippen LogP contribution in [0.1, 0.15) is 24.2 Å². The Bertz CT molecular complexity index is 1180. The number of anilines is 1. The molecule has 0 aliphatic heterocycles. The number of rotatable bonds is 7. The van der Waals surface area contributed by atoms with E-state index in [1.165, 1.54) is 0 Å². The van der Waals surface area contributed by atoms with Crippen LogP contribution in [0, 0.1) is 5.92 Å². The van der Waals surface area contributed by atoms with Gasteiger partial charge in [0.05, 0.1) is 13.7 Å². The van der Waals surface area contributed by atoms with Crippen LogP contribution >= 0.6 is 0 Å². The predicted octanol–water partition coefficient (Wildman–Crippen LogP) is 5.79. The summed E-state index contributed by atoms with van der Waals surface area (Å²) in [5, 5.41) is 2.90. The molecular formula is C25H24N2O4. The van der Waals surface area contributed by atoms with Gasteiger partial charge in [-0.2, -0.15) is 0 Å². The molecular weight excluding hydrogens is 392 g/mol. The molecule has 31 heavy (non-hydrogen) atoms. The number of hydrogen-bond donors (Lipinski definition) is 1. The molecule has 6 nitrogen and oxygen atoms in total. The van der Waals surface area contributed by atoms with Crippen molar-refractivity contribution < 1.29 is 18.7 Å². The summed E-state index contributed by atoms with van der Waals surface area (Å²) in [5.74, 6) is 2.26. The Morgan fingerprint density at radius 1 is 1.00 bits per heavy atom. The number of nitrogens with zero attached hydrogens (tertiary/aromatic N) is 1. The van der Waals surface area contributed by atoms with Gasteiger partial charge < -0.3 is 19.2 Å². The summed E-state index contributed by atoms with van der Waals surface area (Å²) in [6, 6.07) is 20.0. The molecule has 6 heteroatoms. The smallest absolute Gasteiger partial charge is 0.255 e. The van der Waals surface area contributed by atoms with Gasteiger partial charge in [0.25, 0.3) is 5.91 Å². The first-order chi connectivity index (χ1) is 15.0. The van der Waals surface area contributed by atoms with Gasteiger partial charge in [-0.3, -0.25) is 4.79 Å². The molecule has 1 N–H and O–H groups in total. The standard InChI is InChI=1S/C25H24N2O4/c1-16(2)15-30-20-10-6-17(7-11-20)24(28)26-19-8-4-18(5-9-19)25-27-22-14-21(29-3)12-13-23(22)31-25/h4-14,16H,15H2,1-3H3,(H,26,28). The highest BCUT2D eigenvalue weighted by Crippen LogP contribution is 2.27. The highest BCUT2D eigenvalue weighted by molar-refractivity contribution is 6.04. The Morgan fingerprint density at radius 3 is 2.39 bits per heavy atom. The Kier molecular flexibility index (Phi) is 5.89. The van der Waals surface area contributed by atoms with Crippen molar-refractivity contribution in [3.05, 3.63) is 72.3 Å². The summed E-state index contributed by atoms with van der Waals surface area (Å²) in [5.41, 5.74) is 3.49. The van der Waals surface area contributed by atoms with Gasteiger partial charge in [-0.15, -0.1) is 0 Å². The van der Waals surface area contributed by atoms with E-state index in [0.717, 1.165) is 22.6 Å². The second-order valence-corrected chi connectivity index (χ2v) is 7.61. The number of carbonyl (C=O) groups is 1. The summed E-state index contributed by atoms with van der Waals surface area (Å²) >= 11 is 0. The molecule has 0 atom stereocenters. The van der Waals surface area contributed by atoms with E-state index in [0.29, 0.717) is 35.2 Å². The third-order valence-corrected chi connectivity index (χ3v) is 4.68. The number of amides is 1. The molecule has 0 aliphatic carbocycles. The number of carbonyl (C=O) groups excluding carboxylic acids is 1. The Labute approximate surface area is 180 Å². The van der Waals surface area contributed by atoms with Crippen molar-refractivity contribution in [1.29, 1.82) is 0 Å². The summed E-state index contributed by atoms with van der Waals surface area (Å²) in [4.78, 5) is 17.0. The Hall–Kier alpha value is -3.80. The van der Waals surface area contributed by atoms with Gasteiger partial charge in [0.1, 0.15) is 17.0 Å². The lowest BCUT2D eigenvalue weighted by Gasteiger charge is -2.09. The molecule has 1 aromatic heterocycles. The second-order valence-electron chi connectivity index (χ2n) is 7.61. The summed E-state index contributed by atoms with van der Waals surface area (Å²) in [6.45, 7) is 4.83. The molecule has 4 aromatic rings. The van der Waals surface area contributed by atoms with Crippen LogP contribution in [0.25, 0.3) is 22.6 Å².